The molecule has 0 aliphatic rings. The van der Waals surface area contributed by atoms with Crippen molar-refractivity contribution in [2.24, 2.45) is 0 Å². The molecule has 0 bridgehead atoms. The third kappa shape index (κ3) is 2.43. The van der Waals surface area contributed by atoms with Gasteiger partial charge in [0.2, 0.25) is 0 Å². The number of rotatable bonds is 3. The molecule has 2 aromatic rings. The Labute approximate surface area is 113 Å². The molecule has 0 unspecified atom stereocenters. The molecule has 1 aromatic carbocycles. The minimum absolute atomic E-state index is 0.279. The van der Waals surface area contributed by atoms with E-state index in [9.17, 15) is 4.39 Å². The van der Waals surface area contributed by atoms with Crippen LogP contribution in [0.2, 0.25) is 0 Å². The van der Waals surface area contributed by atoms with Crippen molar-refractivity contribution in [3.8, 4) is 0 Å². The second-order valence-corrected chi connectivity index (χ2v) is 4.44. The van der Waals surface area contributed by atoms with Gasteiger partial charge in [-0.25, -0.2) is 14.4 Å². The number of benzene rings is 1. The van der Waals surface area contributed by atoms with Crippen LogP contribution in [-0.2, 0) is 0 Å². The Morgan fingerprint density at radius 2 is 2.11 bits per heavy atom. The molecule has 0 saturated heterocycles. The Morgan fingerprint density at radius 3 is 2.78 bits per heavy atom. The number of nitrogens with zero attached hydrogens (tertiary/aromatic N) is 3. The van der Waals surface area contributed by atoms with Crippen LogP contribution in [0.15, 0.2) is 35.1 Å². The van der Waals surface area contributed by atoms with E-state index in [1.807, 2.05) is 13.1 Å². The molecular weight excluding hydrogens is 299 g/mol. The molecular formula is C12H12BrFN4. The maximum absolute atomic E-state index is 13.2. The van der Waals surface area contributed by atoms with Gasteiger partial charge in [0.15, 0.2) is 5.82 Å². The molecule has 0 amide bonds. The fourth-order valence-corrected chi connectivity index (χ4v) is 2.24. The minimum Gasteiger partial charge on any atom is -0.372 e. The molecule has 4 nitrogen and oxygen atoms in total. The minimum atomic E-state index is -0.279. The Morgan fingerprint density at radius 1 is 1.33 bits per heavy atom. The molecule has 1 heterocycles. The molecule has 0 saturated carbocycles. The lowest BCUT2D eigenvalue weighted by Crippen LogP contribution is -2.13. The lowest BCUT2D eigenvalue weighted by Gasteiger charge is -2.20. The van der Waals surface area contributed by atoms with E-state index >= 15 is 0 Å². The van der Waals surface area contributed by atoms with E-state index in [4.69, 9.17) is 0 Å². The van der Waals surface area contributed by atoms with Crippen LogP contribution in [-0.4, -0.2) is 24.1 Å². The van der Waals surface area contributed by atoms with Crippen molar-refractivity contribution in [1.82, 2.24) is 9.97 Å². The van der Waals surface area contributed by atoms with Crippen molar-refractivity contribution >= 4 is 33.3 Å². The summed E-state index contributed by atoms with van der Waals surface area (Å²) in [6, 6.07) is 6.34. The van der Waals surface area contributed by atoms with Gasteiger partial charge in [0, 0.05) is 19.8 Å². The van der Waals surface area contributed by atoms with E-state index < -0.39 is 0 Å². The average molecular weight is 311 g/mol. The summed E-state index contributed by atoms with van der Waals surface area (Å²) in [7, 11) is 3.60. The molecule has 1 N–H and O–H groups in total. The van der Waals surface area contributed by atoms with Gasteiger partial charge in [-0.15, -0.1) is 0 Å². The van der Waals surface area contributed by atoms with E-state index in [-0.39, 0.29) is 5.82 Å². The first-order valence-electron chi connectivity index (χ1n) is 5.31. The lowest BCUT2D eigenvalue weighted by atomic mass is 10.3. The monoisotopic (exact) mass is 310 g/mol. The summed E-state index contributed by atoms with van der Waals surface area (Å²) in [6.45, 7) is 0. The smallest absolute Gasteiger partial charge is 0.152 e. The van der Waals surface area contributed by atoms with Gasteiger partial charge in [0.1, 0.15) is 22.4 Å². The maximum atomic E-state index is 13.2. The zero-order valence-electron chi connectivity index (χ0n) is 9.98. The average Bonchev–Trinajstić information content (AvgIpc) is 2.38. The van der Waals surface area contributed by atoms with Crippen LogP contribution >= 0.6 is 15.9 Å². The van der Waals surface area contributed by atoms with Gasteiger partial charge in [0.25, 0.3) is 0 Å². The van der Waals surface area contributed by atoms with Gasteiger partial charge in [-0.05, 0) is 34.1 Å². The number of nitrogens with one attached hydrogen (secondary N) is 1. The summed E-state index contributed by atoms with van der Waals surface area (Å²) in [5.41, 5.74) is 0.719. The Kier molecular flexibility index (Phi) is 3.76. The van der Waals surface area contributed by atoms with Gasteiger partial charge in [0.05, 0.1) is 0 Å². The van der Waals surface area contributed by atoms with Crippen LogP contribution in [0.4, 0.5) is 21.7 Å². The van der Waals surface area contributed by atoms with E-state index in [1.165, 1.54) is 18.5 Å². The van der Waals surface area contributed by atoms with Gasteiger partial charge < -0.3 is 10.2 Å². The van der Waals surface area contributed by atoms with Crippen LogP contribution in [0.3, 0.4) is 0 Å². The molecule has 6 heteroatoms. The van der Waals surface area contributed by atoms with Crippen molar-refractivity contribution in [2.75, 3.05) is 24.3 Å². The summed E-state index contributed by atoms with van der Waals surface area (Å²) >= 11 is 3.43. The number of halogens is 2. The second-order valence-electron chi connectivity index (χ2n) is 3.65. The molecule has 94 valence electrons. The highest BCUT2D eigenvalue weighted by atomic mass is 79.9. The number of hydrogen-bond acceptors (Lipinski definition) is 4. The van der Waals surface area contributed by atoms with Crippen molar-refractivity contribution < 1.29 is 4.39 Å². The van der Waals surface area contributed by atoms with E-state index in [0.29, 0.717) is 11.6 Å². The zero-order valence-corrected chi connectivity index (χ0v) is 11.6. The van der Waals surface area contributed by atoms with E-state index in [1.54, 1.807) is 18.0 Å². The summed E-state index contributed by atoms with van der Waals surface area (Å²) in [4.78, 5) is 10.1. The molecule has 0 spiro atoms. The predicted octanol–water partition coefficient (Wildman–Crippen LogP) is 3.19. The molecule has 18 heavy (non-hydrogen) atoms. The summed E-state index contributed by atoms with van der Waals surface area (Å²) < 4.78 is 13.9. The first kappa shape index (κ1) is 12.8. The molecule has 0 radical (unpaired) electrons. The summed E-state index contributed by atoms with van der Waals surface area (Å²) in [5, 5.41) is 2.95. The van der Waals surface area contributed by atoms with Gasteiger partial charge in [-0.3, -0.25) is 0 Å². The third-order valence-corrected chi connectivity index (χ3v) is 3.25. The Balaban J connectivity index is 2.43. The van der Waals surface area contributed by atoms with Gasteiger partial charge in [-0.2, -0.15) is 0 Å². The molecule has 0 fully saturated rings. The summed E-state index contributed by atoms with van der Waals surface area (Å²) in [6.07, 6.45) is 1.46. The molecule has 2 rings (SSSR count). The molecule has 1 aromatic heterocycles. The SMILES string of the molecule is CNc1ncnc(N(C)c2cccc(F)c2)c1Br. The van der Waals surface area contributed by atoms with Crippen LogP contribution in [0.5, 0.6) is 0 Å². The number of hydrogen-bond donors (Lipinski definition) is 1. The van der Waals surface area contributed by atoms with E-state index in [2.05, 4.69) is 31.2 Å². The quantitative estimate of drug-likeness (QED) is 0.945. The highest BCUT2D eigenvalue weighted by Gasteiger charge is 2.13. The first-order chi connectivity index (χ1) is 8.63. The predicted molar refractivity (Wildman–Crippen MR) is 73.7 cm³/mol. The van der Waals surface area contributed by atoms with Crippen molar-refractivity contribution in [3.63, 3.8) is 0 Å². The fourth-order valence-electron chi connectivity index (χ4n) is 1.58. The molecule has 0 aliphatic heterocycles. The van der Waals surface area contributed by atoms with Crippen LogP contribution < -0.4 is 10.2 Å². The molecule has 0 aliphatic carbocycles. The Hall–Kier alpha value is -1.69. The molecule has 0 atom stereocenters. The van der Waals surface area contributed by atoms with Crippen LogP contribution in [0, 0.1) is 5.82 Å². The topological polar surface area (TPSA) is 41.1 Å². The zero-order chi connectivity index (χ0) is 13.1. The Bertz CT molecular complexity index is 562. The van der Waals surface area contributed by atoms with Gasteiger partial charge in [-0.1, -0.05) is 6.07 Å². The van der Waals surface area contributed by atoms with Crippen LogP contribution in [0.1, 0.15) is 0 Å². The lowest BCUT2D eigenvalue weighted by molar-refractivity contribution is 0.628. The third-order valence-electron chi connectivity index (χ3n) is 2.52. The number of anilines is 3. The van der Waals surface area contributed by atoms with E-state index in [0.717, 1.165) is 10.2 Å². The maximum Gasteiger partial charge on any atom is 0.152 e. The standard InChI is InChI=1S/C12H12BrFN4/c1-15-11-10(13)12(17-7-16-11)18(2)9-5-3-4-8(14)6-9/h3-7H,1-2H3,(H,15,16,17). The summed E-state index contributed by atoms with van der Waals surface area (Å²) in [5.74, 6) is 1.07. The van der Waals surface area contributed by atoms with Crippen molar-refractivity contribution in [1.29, 1.82) is 0 Å². The first-order valence-corrected chi connectivity index (χ1v) is 6.10. The number of aromatic nitrogens is 2. The van der Waals surface area contributed by atoms with Gasteiger partial charge >= 0.3 is 0 Å². The van der Waals surface area contributed by atoms with Crippen LogP contribution in [0.25, 0.3) is 0 Å². The fraction of sp³-hybridized carbons (Fsp3) is 0.167. The second kappa shape index (κ2) is 5.30. The largest absolute Gasteiger partial charge is 0.372 e. The van der Waals surface area contributed by atoms with Crippen molar-refractivity contribution in [2.45, 2.75) is 0 Å². The highest BCUT2D eigenvalue weighted by Crippen LogP contribution is 2.32. The van der Waals surface area contributed by atoms with Crippen molar-refractivity contribution in [3.05, 3.63) is 40.9 Å². The normalized spacial score (nSPS) is 10.2. The highest BCUT2D eigenvalue weighted by molar-refractivity contribution is 9.10.